The van der Waals surface area contributed by atoms with Crippen molar-refractivity contribution in [2.75, 3.05) is 0 Å². The number of nitrogens with zero attached hydrogens (tertiary/aromatic N) is 2. The summed E-state index contributed by atoms with van der Waals surface area (Å²) in [7, 11) is 1.90. The Balaban J connectivity index is 2.34. The average Bonchev–Trinajstić information content (AvgIpc) is 2.84. The molecule has 1 N–H and O–H groups in total. The third kappa shape index (κ3) is 2.61. The average molecular weight is 308 g/mol. The van der Waals surface area contributed by atoms with E-state index in [1.54, 1.807) is 12.3 Å². The molecule has 0 atom stereocenters. The highest BCUT2D eigenvalue weighted by Gasteiger charge is 2.18. The molecule has 3 aromatic rings. The van der Waals surface area contributed by atoms with Crippen LogP contribution in [0.15, 0.2) is 36.7 Å². The summed E-state index contributed by atoms with van der Waals surface area (Å²) >= 11 is 0. The Morgan fingerprint density at radius 1 is 1.22 bits per heavy atom. The van der Waals surface area contributed by atoms with Gasteiger partial charge in [0.05, 0.1) is 11.1 Å². The molecule has 0 radical (unpaired) electrons. The summed E-state index contributed by atoms with van der Waals surface area (Å²) in [4.78, 5) is 16.1. The van der Waals surface area contributed by atoms with E-state index in [1.165, 1.54) is 0 Å². The number of hydrogen-bond acceptors (Lipinski definition) is 2. The van der Waals surface area contributed by atoms with Crippen LogP contribution < -0.4 is 0 Å². The molecular weight excluding hydrogens is 288 g/mol. The summed E-state index contributed by atoms with van der Waals surface area (Å²) in [6.07, 6.45) is 3.82. The van der Waals surface area contributed by atoms with Gasteiger partial charge in [0.25, 0.3) is 0 Å². The van der Waals surface area contributed by atoms with E-state index in [1.807, 2.05) is 36.9 Å². The van der Waals surface area contributed by atoms with Crippen molar-refractivity contribution in [2.45, 2.75) is 26.7 Å². The van der Waals surface area contributed by atoms with Gasteiger partial charge in [-0.25, -0.2) is 4.79 Å². The molecule has 3 rings (SSSR count). The molecule has 0 unspecified atom stereocenters. The number of carbonyl (C=O) groups is 1. The SMILES string of the molecule is Cc1ccc(-c2cc(C(=O)O)c3c(c2)c(C(C)C)cn3C)cn1. The van der Waals surface area contributed by atoms with E-state index >= 15 is 0 Å². The van der Waals surface area contributed by atoms with Crippen LogP contribution in [0.4, 0.5) is 0 Å². The second-order valence-electron chi connectivity index (χ2n) is 6.26. The van der Waals surface area contributed by atoms with Gasteiger partial charge in [-0.15, -0.1) is 0 Å². The van der Waals surface area contributed by atoms with Gasteiger partial charge in [-0.1, -0.05) is 19.9 Å². The van der Waals surface area contributed by atoms with Crippen molar-refractivity contribution >= 4 is 16.9 Å². The molecule has 0 aliphatic rings. The van der Waals surface area contributed by atoms with Gasteiger partial charge in [-0.05, 0) is 42.2 Å². The lowest BCUT2D eigenvalue weighted by atomic mass is 9.96. The zero-order chi connectivity index (χ0) is 16.7. The van der Waals surface area contributed by atoms with Crippen molar-refractivity contribution < 1.29 is 9.90 Å². The van der Waals surface area contributed by atoms with Crippen LogP contribution in [0.5, 0.6) is 0 Å². The van der Waals surface area contributed by atoms with Gasteiger partial charge in [-0.2, -0.15) is 0 Å². The molecule has 0 aliphatic carbocycles. The van der Waals surface area contributed by atoms with E-state index in [2.05, 4.69) is 24.9 Å². The first-order valence-electron chi connectivity index (χ1n) is 7.67. The van der Waals surface area contributed by atoms with E-state index < -0.39 is 5.97 Å². The number of carboxylic acid groups (broad SMARTS) is 1. The van der Waals surface area contributed by atoms with Crippen molar-refractivity contribution in [3.63, 3.8) is 0 Å². The topological polar surface area (TPSA) is 55.1 Å². The fourth-order valence-electron chi connectivity index (χ4n) is 3.01. The molecule has 2 heterocycles. The fraction of sp³-hybridized carbons (Fsp3) is 0.263. The molecule has 0 saturated heterocycles. The van der Waals surface area contributed by atoms with Crippen LogP contribution in [-0.2, 0) is 7.05 Å². The van der Waals surface area contributed by atoms with Crippen molar-refractivity contribution in [2.24, 2.45) is 7.05 Å². The summed E-state index contributed by atoms with van der Waals surface area (Å²) in [6, 6.07) is 7.73. The van der Waals surface area contributed by atoms with Crippen LogP contribution in [0.1, 0.15) is 41.4 Å². The molecule has 2 aromatic heterocycles. The van der Waals surface area contributed by atoms with Crippen molar-refractivity contribution in [3.05, 3.63) is 53.5 Å². The Hall–Kier alpha value is -2.62. The number of carboxylic acids is 1. The van der Waals surface area contributed by atoms with Crippen LogP contribution >= 0.6 is 0 Å². The summed E-state index contributed by atoms with van der Waals surface area (Å²) in [5, 5.41) is 10.6. The number of hydrogen-bond donors (Lipinski definition) is 1. The number of benzene rings is 1. The van der Waals surface area contributed by atoms with Crippen LogP contribution in [0, 0.1) is 6.92 Å². The molecule has 0 fully saturated rings. The minimum atomic E-state index is -0.909. The van der Waals surface area contributed by atoms with Crippen LogP contribution in [0.3, 0.4) is 0 Å². The Labute approximate surface area is 135 Å². The van der Waals surface area contributed by atoms with Crippen LogP contribution in [0.2, 0.25) is 0 Å². The molecule has 1 aromatic carbocycles. The zero-order valence-electron chi connectivity index (χ0n) is 13.8. The molecule has 0 saturated carbocycles. The number of aryl methyl sites for hydroxylation is 2. The normalized spacial score (nSPS) is 11.3. The maximum atomic E-state index is 11.8. The van der Waals surface area contributed by atoms with Gasteiger partial charge in [-0.3, -0.25) is 4.98 Å². The van der Waals surface area contributed by atoms with E-state index in [4.69, 9.17) is 0 Å². The van der Waals surface area contributed by atoms with Gasteiger partial charge in [0, 0.05) is 36.1 Å². The highest BCUT2D eigenvalue weighted by Crippen LogP contribution is 2.33. The molecule has 0 spiro atoms. The van der Waals surface area contributed by atoms with Gasteiger partial charge < -0.3 is 9.67 Å². The first-order chi connectivity index (χ1) is 10.9. The number of pyridine rings is 1. The number of rotatable bonds is 3. The predicted octanol–water partition coefficient (Wildman–Crippen LogP) is 4.37. The second kappa shape index (κ2) is 5.54. The van der Waals surface area contributed by atoms with E-state index in [-0.39, 0.29) is 0 Å². The Bertz CT molecular complexity index is 890. The standard InChI is InChI=1S/C19H20N2O2/c1-11(2)17-10-21(4)18-15(17)7-14(8-16(18)19(22)23)13-6-5-12(3)20-9-13/h5-11H,1-4H3,(H,22,23). The Morgan fingerprint density at radius 2 is 1.96 bits per heavy atom. The smallest absolute Gasteiger partial charge is 0.337 e. The molecule has 0 amide bonds. The highest BCUT2D eigenvalue weighted by atomic mass is 16.4. The number of aromatic carboxylic acids is 1. The summed E-state index contributed by atoms with van der Waals surface area (Å²) < 4.78 is 1.91. The van der Waals surface area contributed by atoms with E-state index in [9.17, 15) is 9.90 Å². The summed E-state index contributed by atoms with van der Waals surface area (Å²) in [5.74, 6) is -0.583. The zero-order valence-corrected chi connectivity index (χ0v) is 13.8. The second-order valence-corrected chi connectivity index (χ2v) is 6.26. The quantitative estimate of drug-likeness (QED) is 0.781. The number of fused-ring (bicyclic) bond motifs is 1. The van der Waals surface area contributed by atoms with Gasteiger partial charge in [0.1, 0.15) is 0 Å². The predicted molar refractivity (Wildman–Crippen MR) is 91.9 cm³/mol. The monoisotopic (exact) mass is 308 g/mol. The maximum Gasteiger partial charge on any atom is 0.337 e. The first-order valence-corrected chi connectivity index (χ1v) is 7.67. The van der Waals surface area contributed by atoms with E-state index in [0.717, 1.165) is 33.3 Å². The molecular formula is C19H20N2O2. The molecule has 0 aliphatic heterocycles. The summed E-state index contributed by atoms with van der Waals surface area (Å²) in [5.41, 5.74) is 5.01. The lowest BCUT2D eigenvalue weighted by Gasteiger charge is -2.09. The maximum absolute atomic E-state index is 11.8. The van der Waals surface area contributed by atoms with Crippen molar-refractivity contribution in [1.29, 1.82) is 0 Å². The Morgan fingerprint density at radius 3 is 2.52 bits per heavy atom. The van der Waals surface area contributed by atoms with Gasteiger partial charge in [0.15, 0.2) is 0 Å². The Kier molecular flexibility index (Phi) is 3.68. The number of aromatic nitrogens is 2. The van der Waals surface area contributed by atoms with E-state index in [0.29, 0.717) is 11.5 Å². The van der Waals surface area contributed by atoms with Gasteiger partial charge in [0.2, 0.25) is 0 Å². The molecule has 118 valence electrons. The van der Waals surface area contributed by atoms with Crippen LogP contribution in [-0.4, -0.2) is 20.6 Å². The van der Waals surface area contributed by atoms with Crippen molar-refractivity contribution in [1.82, 2.24) is 9.55 Å². The van der Waals surface area contributed by atoms with Crippen LogP contribution in [0.25, 0.3) is 22.0 Å². The fourth-order valence-corrected chi connectivity index (χ4v) is 3.01. The highest BCUT2D eigenvalue weighted by molar-refractivity contribution is 6.05. The molecule has 4 nitrogen and oxygen atoms in total. The molecule has 23 heavy (non-hydrogen) atoms. The van der Waals surface area contributed by atoms with Crippen molar-refractivity contribution in [3.8, 4) is 11.1 Å². The third-order valence-electron chi connectivity index (χ3n) is 4.20. The first kappa shape index (κ1) is 15.3. The lowest BCUT2D eigenvalue weighted by Crippen LogP contribution is -2.01. The third-order valence-corrected chi connectivity index (χ3v) is 4.20. The minimum absolute atomic E-state index is 0.326. The molecule has 0 bridgehead atoms. The van der Waals surface area contributed by atoms with Gasteiger partial charge >= 0.3 is 5.97 Å². The minimum Gasteiger partial charge on any atom is -0.478 e. The lowest BCUT2D eigenvalue weighted by molar-refractivity contribution is 0.0698. The largest absolute Gasteiger partial charge is 0.478 e. The molecule has 4 heteroatoms. The summed E-state index contributed by atoms with van der Waals surface area (Å²) in [6.45, 7) is 6.17.